The first-order valence-electron chi connectivity index (χ1n) is 23.1. The Morgan fingerprint density at radius 3 is 2.47 bits per heavy atom. The number of anilines is 1. The van der Waals surface area contributed by atoms with E-state index in [9.17, 15) is 28.1 Å². The lowest BCUT2D eigenvalue weighted by molar-refractivity contribution is -0.385. The summed E-state index contributed by atoms with van der Waals surface area (Å²) in [5.74, 6) is 5.09. The normalized spacial score (nSPS) is 17.8. The number of benzene rings is 3. The molecule has 3 aromatic carbocycles. The number of carbonyl (C=O) groups is 2. The lowest BCUT2D eigenvalue weighted by Crippen LogP contribution is -2.47. The molecule has 68 heavy (non-hydrogen) atoms. The number of carbonyl (C=O) groups excluding carboxylic acids is 2. The van der Waals surface area contributed by atoms with Gasteiger partial charge >= 0.3 is 0 Å². The van der Waals surface area contributed by atoms with Crippen LogP contribution in [0.5, 0.6) is 11.5 Å². The van der Waals surface area contributed by atoms with Gasteiger partial charge in [-0.3, -0.25) is 24.6 Å². The molecule has 2 amide bonds. The van der Waals surface area contributed by atoms with Crippen molar-refractivity contribution in [2.75, 3.05) is 68.8 Å². The molecule has 0 radical (unpaired) electrons. The van der Waals surface area contributed by atoms with Crippen LogP contribution in [0, 0.1) is 15.5 Å². The topological polar surface area (TPSA) is 183 Å². The maximum absolute atomic E-state index is 14.0. The molecule has 2 aliphatic heterocycles. The molecule has 15 nitrogen and oxygen atoms in total. The molecule has 4 heterocycles. The lowest BCUT2D eigenvalue weighted by Gasteiger charge is -2.39. The Morgan fingerprint density at radius 2 is 1.75 bits per heavy atom. The third-order valence-corrected chi connectivity index (χ3v) is 17.3. The van der Waals surface area contributed by atoms with E-state index in [1.54, 1.807) is 37.4 Å². The van der Waals surface area contributed by atoms with Crippen molar-refractivity contribution in [2.24, 2.45) is 9.78 Å². The Balaban J connectivity index is 0.960. The van der Waals surface area contributed by atoms with Crippen molar-refractivity contribution in [3.05, 3.63) is 123 Å². The number of allylic oxidation sites excluding steroid dienone is 1. The number of aromatic amines is 1. The predicted octanol–water partition coefficient (Wildman–Crippen LogP) is 8.78. The van der Waals surface area contributed by atoms with E-state index in [2.05, 4.69) is 65.6 Å². The molecule has 0 atom stereocenters. The number of nitro groups is 1. The number of H-pyrrole nitrogens is 1. The highest BCUT2D eigenvalue weighted by Crippen LogP contribution is 2.43. The number of aryl methyl sites for hydroxylation is 1. The van der Waals surface area contributed by atoms with Crippen LogP contribution in [0.15, 0.2) is 100 Å². The number of hydrogen-bond acceptors (Lipinski definition) is 11. The predicted molar refractivity (Wildman–Crippen MR) is 272 cm³/mol. The molecule has 360 valence electrons. The highest BCUT2D eigenvalue weighted by Gasteiger charge is 2.31. The van der Waals surface area contributed by atoms with Crippen molar-refractivity contribution in [3.8, 4) is 11.5 Å². The van der Waals surface area contributed by atoms with Gasteiger partial charge in [-0.05, 0) is 97.7 Å². The summed E-state index contributed by atoms with van der Waals surface area (Å²) in [7, 11) is -6.16. The zero-order valence-corrected chi connectivity index (χ0v) is 41.2. The average Bonchev–Trinajstić information content (AvgIpc) is 3.79. The van der Waals surface area contributed by atoms with Crippen LogP contribution in [-0.4, -0.2) is 115 Å². The molecule has 1 aliphatic carbocycles. The summed E-state index contributed by atoms with van der Waals surface area (Å²) in [5, 5.41) is 13.8. The van der Waals surface area contributed by atoms with Gasteiger partial charge in [0.1, 0.15) is 17.1 Å². The molecule has 0 saturated carbocycles. The first-order chi connectivity index (χ1) is 32.5. The minimum Gasteiger partial charge on any atom is -0.455 e. The maximum Gasteiger partial charge on any atom is 0.273 e. The molecule has 0 bridgehead atoms. The fourth-order valence-electron chi connectivity index (χ4n) is 9.21. The van der Waals surface area contributed by atoms with Crippen LogP contribution in [0.3, 0.4) is 0 Å². The zero-order valence-electron chi connectivity index (χ0n) is 38.8. The van der Waals surface area contributed by atoms with E-state index >= 15 is 0 Å². The quantitative estimate of drug-likeness (QED) is 0.0581. The molecule has 8 rings (SSSR count). The third-order valence-electron chi connectivity index (χ3n) is 13.2. The Morgan fingerprint density at radius 1 is 1.00 bits per heavy atom. The van der Waals surface area contributed by atoms with E-state index in [-0.39, 0.29) is 28.3 Å². The number of fused-ring (bicyclic) bond motifs is 1. The Kier molecular flexibility index (Phi) is 14.8. The number of ether oxygens (including phenoxy) is 1. The molecule has 0 spiro atoms. The molecule has 5 aromatic rings. The molecular formula is C50H59ClN8O7S2. The molecular weight excluding hydrogens is 924 g/mol. The standard InChI is InChI=1S/C50H59ClN8O7S2/c1-5-47(60)54-67(4)27-25-56(26-28-67)20-6-7-36-10-14-42(31-45(36)59(62)63)68(64,65)55-49(61)43-15-13-40(30-46(43)66-41-29-37-17-19-52-48(37)53-33-41)58-23-21-57(22-24-58)34-38-16-18-50(2,3)32-44(38)35-8-11-39(51)12-9-35/h8-15,17,19,29-31,33H,4-7,16,18,20-28,32,34H2,1-3H3,(H,52,53)(H,55,61). The van der Waals surface area contributed by atoms with Gasteiger partial charge in [-0.15, -0.1) is 9.41 Å². The molecule has 2 N–H and O–H groups in total. The first-order valence-corrected chi connectivity index (χ1v) is 27.1. The van der Waals surface area contributed by atoms with Gasteiger partial charge in [0, 0.05) is 104 Å². The Hall–Kier alpha value is -5.59. The van der Waals surface area contributed by atoms with Gasteiger partial charge in [0.25, 0.3) is 27.5 Å². The van der Waals surface area contributed by atoms with E-state index in [0.29, 0.717) is 42.8 Å². The van der Waals surface area contributed by atoms with Crippen molar-refractivity contribution in [2.45, 2.75) is 64.2 Å². The number of nitrogens with zero attached hydrogens (tertiary/aromatic N) is 6. The number of nitrogens with one attached hydrogen (secondary N) is 2. The number of halogens is 1. The number of hydrogen-bond donors (Lipinski definition) is 2. The van der Waals surface area contributed by atoms with E-state index in [4.69, 9.17) is 16.3 Å². The number of rotatable bonds is 15. The smallest absolute Gasteiger partial charge is 0.273 e. The summed E-state index contributed by atoms with van der Waals surface area (Å²) < 4.78 is 40.5. The number of nitro benzene ring substituents is 1. The van der Waals surface area contributed by atoms with Crippen LogP contribution < -0.4 is 14.4 Å². The van der Waals surface area contributed by atoms with Crippen molar-refractivity contribution in [3.63, 3.8) is 0 Å². The maximum atomic E-state index is 14.0. The van der Waals surface area contributed by atoms with Gasteiger partial charge in [0.05, 0.1) is 21.6 Å². The van der Waals surface area contributed by atoms with Gasteiger partial charge in [0.15, 0.2) is 0 Å². The summed E-state index contributed by atoms with van der Waals surface area (Å²) in [6, 6.07) is 20.6. The molecule has 18 heteroatoms. The Labute approximate surface area is 403 Å². The second-order valence-electron chi connectivity index (χ2n) is 18.7. The van der Waals surface area contributed by atoms with Gasteiger partial charge in [-0.1, -0.05) is 62.0 Å². The first kappa shape index (κ1) is 48.9. The summed E-state index contributed by atoms with van der Waals surface area (Å²) in [5.41, 5.74) is 5.77. The minimum atomic E-state index is -4.58. The van der Waals surface area contributed by atoms with Crippen molar-refractivity contribution in [1.29, 1.82) is 0 Å². The number of amides is 2. The van der Waals surface area contributed by atoms with Crippen LogP contribution in [0.2, 0.25) is 5.02 Å². The van der Waals surface area contributed by atoms with Gasteiger partial charge in [-0.25, -0.2) is 18.1 Å². The van der Waals surface area contributed by atoms with Gasteiger partial charge in [-0.2, -0.15) is 4.36 Å². The van der Waals surface area contributed by atoms with E-state index in [1.165, 1.54) is 35.0 Å². The van der Waals surface area contributed by atoms with Crippen LogP contribution in [-0.2, 0) is 30.7 Å². The number of pyridine rings is 1. The fourth-order valence-corrected chi connectivity index (χ4v) is 12.5. The van der Waals surface area contributed by atoms with Crippen molar-refractivity contribution < 1.29 is 27.7 Å². The van der Waals surface area contributed by atoms with Crippen LogP contribution in [0.1, 0.15) is 74.4 Å². The second-order valence-corrected chi connectivity index (χ2v) is 23.9. The number of piperazine rings is 1. The zero-order chi connectivity index (χ0) is 48.2. The molecule has 3 aliphatic rings. The summed E-state index contributed by atoms with van der Waals surface area (Å²) in [4.78, 5) is 51.6. The monoisotopic (exact) mass is 982 g/mol. The van der Waals surface area contributed by atoms with Crippen LogP contribution >= 0.6 is 11.6 Å². The highest BCUT2D eigenvalue weighted by molar-refractivity contribution is 8.02. The SMILES string of the molecule is C=S1(=NC(=O)CC)CCN(CCCc2ccc(S(=O)(=O)NC(=O)c3ccc(N4CCN(CC5=C(c6ccc(Cl)cc6)CC(C)(C)CC5)CC4)cc3Oc3cnc4[nH]ccc4c3)cc2[N+](=O)[O-])CC1. The van der Waals surface area contributed by atoms with Crippen LogP contribution in [0.4, 0.5) is 11.4 Å². The van der Waals surface area contributed by atoms with Crippen molar-refractivity contribution in [1.82, 2.24) is 24.5 Å². The largest absolute Gasteiger partial charge is 0.455 e. The fraction of sp³-hybridized carbons (Fsp3) is 0.400. The minimum absolute atomic E-state index is 0.0424. The average molecular weight is 984 g/mol. The third kappa shape index (κ3) is 11.8. The highest BCUT2D eigenvalue weighted by atomic mass is 35.5. The van der Waals surface area contributed by atoms with E-state index in [1.807, 2.05) is 18.2 Å². The summed E-state index contributed by atoms with van der Waals surface area (Å²) in [6.45, 7) is 12.5. The van der Waals surface area contributed by atoms with Gasteiger partial charge in [0.2, 0.25) is 0 Å². The molecule has 2 aromatic heterocycles. The molecule has 2 fully saturated rings. The number of aromatic nitrogens is 2. The van der Waals surface area contributed by atoms with Crippen LogP contribution in [0.25, 0.3) is 16.6 Å². The summed E-state index contributed by atoms with van der Waals surface area (Å²) in [6.07, 6.45) is 7.76. The van der Waals surface area contributed by atoms with E-state index in [0.717, 1.165) is 98.7 Å². The van der Waals surface area contributed by atoms with Gasteiger partial charge < -0.3 is 19.5 Å². The Bertz CT molecular complexity index is 2980. The van der Waals surface area contributed by atoms with E-state index < -0.39 is 35.2 Å². The second kappa shape index (κ2) is 20.6. The lowest BCUT2D eigenvalue weighted by atomic mass is 9.72. The molecule has 2 saturated heterocycles. The molecule has 0 unspecified atom stereocenters. The summed E-state index contributed by atoms with van der Waals surface area (Å²) >= 11 is 6.25. The number of sulfonamides is 1. The van der Waals surface area contributed by atoms with Crippen molar-refractivity contribution >= 4 is 76.7 Å².